The normalized spacial score (nSPS) is 24.0. The summed E-state index contributed by atoms with van der Waals surface area (Å²) in [4.78, 5) is 19.4. The molecule has 2 amide bonds. The van der Waals surface area contributed by atoms with Crippen LogP contribution in [0.5, 0.6) is 0 Å². The van der Waals surface area contributed by atoms with E-state index < -0.39 is 5.54 Å². The molecule has 10 nitrogen and oxygen atoms in total. The first-order valence-electron chi connectivity index (χ1n) is 10.4. The summed E-state index contributed by atoms with van der Waals surface area (Å²) in [7, 11) is 1.78. The Labute approximate surface area is 189 Å². The average Bonchev–Trinajstić information content (AvgIpc) is 3.38. The summed E-state index contributed by atoms with van der Waals surface area (Å²) in [5.41, 5.74) is 0.575. The van der Waals surface area contributed by atoms with Crippen molar-refractivity contribution in [2.45, 2.75) is 44.2 Å². The Hall–Kier alpha value is -3.45. The number of nitrogens with one attached hydrogen (secondary N) is 1. The Balaban J connectivity index is 1.42. The monoisotopic (exact) mass is 452 g/mol. The molecule has 1 saturated carbocycles. The lowest BCUT2D eigenvalue weighted by Crippen LogP contribution is -2.70. The summed E-state index contributed by atoms with van der Waals surface area (Å²) in [5, 5.41) is 24.9. The molecule has 2 bridgehead atoms. The lowest BCUT2D eigenvalue weighted by molar-refractivity contribution is -0.110. The van der Waals surface area contributed by atoms with E-state index in [0.29, 0.717) is 33.9 Å². The second kappa shape index (κ2) is 7.60. The fourth-order valence-corrected chi connectivity index (χ4v) is 5.15. The molecule has 2 aromatic heterocycles. The van der Waals surface area contributed by atoms with Gasteiger partial charge in [0.2, 0.25) is 11.8 Å². The fraction of sp³-hybridized carbons (Fsp3) is 0.429. The standard InChI is InChI=1S/C21H21ClN8O2/c1-12-7-14-10-21(9-12,19-27-26-17(32-19)5-6-23)30(14)20(31)25-13-3-4-16(22)15(8-13)18-24-11-29(2)28-18/h3-4,8,11-12,14H,5,7,9-10H2,1-2H3,(H,25,31)/t12-,14-,21+/m1/s1. The predicted octanol–water partition coefficient (Wildman–Crippen LogP) is 3.52. The number of carbonyl (C=O) groups excluding carboxylic acids is 1. The Morgan fingerprint density at radius 2 is 2.25 bits per heavy atom. The zero-order valence-electron chi connectivity index (χ0n) is 17.6. The molecule has 3 aromatic rings. The number of benzene rings is 1. The van der Waals surface area contributed by atoms with Crippen molar-refractivity contribution in [2.75, 3.05) is 5.32 Å². The van der Waals surface area contributed by atoms with E-state index in [1.165, 1.54) is 0 Å². The second-order valence-electron chi connectivity index (χ2n) is 8.51. The second-order valence-corrected chi connectivity index (χ2v) is 8.91. The van der Waals surface area contributed by atoms with Gasteiger partial charge in [-0.15, -0.1) is 10.2 Å². The predicted molar refractivity (Wildman–Crippen MR) is 114 cm³/mol. The van der Waals surface area contributed by atoms with Gasteiger partial charge in [-0.3, -0.25) is 4.68 Å². The highest BCUT2D eigenvalue weighted by Crippen LogP contribution is 2.55. The highest BCUT2D eigenvalue weighted by atomic mass is 35.5. The molecule has 11 heteroatoms. The quantitative estimate of drug-likeness (QED) is 0.641. The maximum absolute atomic E-state index is 13.4. The molecule has 0 radical (unpaired) electrons. The van der Waals surface area contributed by atoms with Crippen LogP contribution in [0.1, 0.15) is 38.0 Å². The maximum Gasteiger partial charge on any atom is 0.323 e. The van der Waals surface area contributed by atoms with Crippen molar-refractivity contribution in [3.05, 3.63) is 41.3 Å². The van der Waals surface area contributed by atoms with Gasteiger partial charge in [0, 0.05) is 30.8 Å². The minimum atomic E-state index is -0.648. The zero-order valence-corrected chi connectivity index (χ0v) is 18.4. The number of nitrogens with zero attached hydrogens (tertiary/aromatic N) is 7. The molecule has 32 heavy (non-hydrogen) atoms. The van der Waals surface area contributed by atoms with Crippen LogP contribution in [0.15, 0.2) is 28.9 Å². The van der Waals surface area contributed by atoms with Crippen molar-refractivity contribution in [1.29, 1.82) is 5.26 Å². The number of amides is 2. The van der Waals surface area contributed by atoms with E-state index in [1.807, 2.05) is 11.0 Å². The van der Waals surface area contributed by atoms with Crippen LogP contribution in [0.2, 0.25) is 5.02 Å². The molecule has 0 unspecified atom stereocenters. The summed E-state index contributed by atoms with van der Waals surface area (Å²) < 4.78 is 7.37. The largest absolute Gasteiger partial charge is 0.422 e. The lowest BCUT2D eigenvalue weighted by atomic mass is 9.64. The molecule has 3 atom stereocenters. The Bertz CT molecular complexity index is 1230. The number of aryl methyl sites for hydroxylation is 1. The van der Waals surface area contributed by atoms with Crippen LogP contribution in [0.4, 0.5) is 10.5 Å². The van der Waals surface area contributed by atoms with Gasteiger partial charge in [-0.05, 0) is 37.0 Å². The van der Waals surface area contributed by atoms with Gasteiger partial charge >= 0.3 is 6.03 Å². The van der Waals surface area contributed by atoms with E-state index in [-0.39, 0.29) is 24.4 Å². The van der Waals surface area contributed by atoms with Gasteiger partial charge in [0.1, 0.15) is 18.3 Å². The van der Waals surface area contributed by atoms with Gasteiger partial charge in [-0.25, -0.2) is 9.78 Å². The smallest absolute Gasteiger partial charge is 0.323 e. The molecule has 4 heterocycles. The molecule has 164 valence electrons. The first-order valence-corrected chi connectivity index (χ1v) is 10.7. The number of hydrogen-bond acceptors (Lipinski definition) is 7. The van der Waals surface area contributed by atoms with E-state index in [4.69, 9.17) is 21.3 Å². The van der Waals surface area contributed by atoms with Crippen molar-refractivity contribution in [3.63, 3.8) is 0 Å². The number of urea groups is 1. The summed E-state index contributed by atoms with van der Waals surface area (Å²) in [6, 6.07) is 7.09. The summed E-state index contributed by atoms with van der Waals surface area (Å²) in [6.07, 6.45) is 4.05. The summed E-state index contributed by atoms with van der Waals surface area (Å²) in [6.45, 7) is 2.16. The van der Waals surface area contributed by atoms with Gasteiger partial charge in [0.15, 0.2) is 5.82 Å². The molecular formula is C21H21ClN8O2. The number of rotatable bonds is 4. The fourth-order valence-electron chi connectivity index (χ4n) is 4.95. The van der Waals surface area contributed by atoms with Crippen molar-refractivity contribution < 1.29 is 9.21 Å². The van der Waals surface area contributed by atoms with Crippen LogP contribution < -0.4 is 5.32 Å². The van der Waals surface area contributed by atoms with Crippen LogP contribution in [0.3, 0.4) is 0 Å². The van der Waals surface area contributed by atoms with Crippen LogP contribution in [0, 0.1) is 17.2 Å². The third kappa shape index (κ3) is 3.29. The van der Waals surface area contributed by atoms with Crippen LogP contribution in [-0.4, -0.2) is 41.9 Å². The van der Waals surface area contributed by atoms with Gasteiger partial charge in [-0.2, -0.15) is 10.4 Å². The van der Waals surface area contributed by atoms with E-state index in [0.717, 1.165) is 19.3 Å². The molecular weight excluding hydrogens is 432 g/mol. The summed E-state index contributed by atoms with van der Waals surface area (Å²) in [5.74, 6) is 1.57. The van der Waals surface area contributed by atoms with E-state index >= 15 is 0 Å². The number of nitriles is 1. The highest BCUT2D eigenvalue weighted by Gasteiger charge is 2.62. The van der Waals surface area contributed by atoms with E-state index in [9.17, 15) is 4.79 Å². The highest BCUT2D eigenvalue weighted by molar-refractivity contribution is 6.33. The van der Waals surface area contributed by atoms with Crippen molar-refractivity contribution in [1.82, 2.24) is 29.9 Å². The average molecular weight is 453 g/mol. The molecule has 3 fully saturated rings. The number of aromatic nitrogens is 5. The first-order chi connectivity index (χ1) is 15.4. The third-order valence-corrected chi connectivity index (χ3v) is 6.46. The topological polar surface area (TPSA) is 126 Å². The number of carbonyl (C=O) groups is 1. The zero-order chi connectivity index (χ0) is 22.5. The number of halogens is 1. The minimum Gasteiger partial charge on any atom is -0.422 e. The number of piperidine rings is 1. The van der Waals surface area contributed by atoms with Crippen LogP contribution in [-0.2, 0) is 19.0 Å². The Morgan fingerprint density at radius 3 is 3.00 bits per heavy atom. The van der Waals surface area contributed by atoms with Crippen molar-refractivity contribution in [3.8, 4) is 17.5 Å². The van der Waals surface area contributed by atoms with E-state index in [1.54, 1.807) is 36.3 Å². The van der Waals surface area contributed by atoms with Crippen LogP contribution >= 0.6 is 11.6 Å². The van der Waals surface area contributed by atoms with Crippen LogP contribution in [0.25, 0.3) is 11.4 Å². The number of hydrogen-bond donors (Lipinski definition) is 1. The molecule has 2 aliphatic heterocycles. The SMILES string of the molecule is C[C@@H]1C[C@@H]2C[C@](c3nnc(CC#N)o3)(C1)N2C(=O)Nc1ccc(Cl)c(-c2ncn(C)n2)c1. The first kappa shape index (κ1) is 20.5. The molecule has 1 N–H and O–H groups in total. The molecule has 3 aliphatic rings. The molecule has 2 saturated heterocycles. The van der Waals surface area contributed by atoms with E-state index in [2.05, 4.69) is 32.5 Å². The lowest BCUT2D eigenvalue weighted by Gasteiger charge is -2.61. The minimum absolute atomic E-state index is 0.0450. The summed E-state index contributed by atoms with van der Waals surface area (Å²) >= 11 is 6.34. The Kier molecular flexibility index (Phi) is 4.86. The number of fused-ring (bicyclic) bond motifs is 2. The number of anilines is 1. The Morgan fingerprint density at radius 1 is 1.41 bits per heavy atom. The van der Waals surface area contributed by atoms with Gasteiger partial charge in [-0.1, -0.05) is 18.5 Å². The molecule has 0 spiro atoms. The van der Waals surface area contributed by atoms with Gasteiger partial charge in [0.25, 0.3) is 0 Å². The van der Waals surface area contributed by atoms with Gasteiger partial charge in [0.05, 0.1) is 11.1 Å². The third-order valence-electron chi connectivity index (χ3n) is 6.13. The molecule has 1 aliphatic carbocycles. The van der Waals surface area contributed by atoms with Crippen molar-refractivity contribution >= 4 is 23.3 Å². The molecule has 6 rings (SSSR count). The van der Waals surface area contributed by atoms with Gasteiger partial charge < -0.3 is 14.6 Å². The molecule has 1 aromatic carbocycles. The maximum atomic E-state index is 13.4. The van der Waals surface area contributed by atoms with Crippen molar-refractivity contribution in [2.24, 2.45) is 13.0 Å².